The third-order valence-corrected chi connectivity index (χ3v) is 4.04. The van der Waals surface area contributed by atoms with Crippen molar-refractivity contribution in [3.8, 4) is 0 Å². The minimum atomic E-state index is 0.378. The number of rotatable bonds is 1. The van der Waals surface area contributed by atoms with E-state index in [0.29, 0.717) is 4.83 Å². The van der Waals surface area contributed by atoms with Gasteiger partial charge in [0.2, 0.25) is 0 Å². The zero-order valence-corrected chi connectivity index (χ0v) is 10.8. The van der Waals surface area contributed by atoms with Gasteiger partial charge in [-0.2, -0.15) is 0 Å². The molecule has 1 heteroatoms. The molecule has 2 aromatic carbocycles. The Hall–Kier alpha value is -1.08. The molecule has 0 nitrogen and oxygen atoms in total. The fraction of sp³-hybridized carbons (Fsp3) is 0.200. The molecule has 0 radical (unpaired) electrons. The molecule has 0 fully saturated rings. The molecule has 1 aliphatic rings. The molecular formula is C15H13Br. The van der Waals surface area contributed by atoms with Gasteiger partial charge < -0.3 is 0 Å². The van der Waals surface area contributed by atoms with Gasteiger partial charge in [-0.1, -0.05) is 65.3 Å². The summed E-state index contributed by atoms with van der Waals surface area (Å²) in [5.74, 6) is 0. The molecule has 0 N–H and O–H groups in total. The monoisotopic (exact) mass is 272 g/mol. The van der Waals surface area contributed by atoms with Crippen LogP contribution in [0, 0.1) is 0 Å². The van der Waals surface area contributed by atoms with Crippen LogP contribution in [-0.2, 0) is 0 Å². The standard InChI is InChI=1S/C15H13Br/c1-2-10-9-14(16)15-12-6-4-3-5-11(12)7-8-13(10)15/h3-9,14H,2H2,1H3. The molecule has 0 aromatic heterocycles. The van der Waals surface area contributed by atoms with Crippen molar-refractivity contribution < 1.29 is 0 Å². The smallest absolute Gasteiger partial charge is 0.0593 e. The van der Waals surface area contributed by atoms with Gasteiger partial charge in [-0.15, -0.1) is 0 Å². The van der Waals surface area contributed by atoms with Crippen LogP contribution >= 0.6 is 15.9 Å². The predicted octanol–water partition coefficient (Wildman–Crippen LogP) is 5.08. The van der Waals surface area contributed by atoms with Gasteiger partial charge in [0, 0.05) is 0 Å². The average Bonchev–Trinajstić information content (AvgIpc) is 2.66. The molecule has 3 rings (SSSR count). The second-order valence-electron chi connectivity index (χ2n) is 4.20. The minimum absolute atomic E-state index is 0.378. The van der Waals surface area contributed by atoms with E-state index < -0.39 is 0 Å². The number of hydrogen-bond donors (Lipinski definition) is 0. The van der Waals surface area contributed by atoms with Gasteiger partial charge in [-0.3, -0.25) is 0 Å². The highest BCUT2D eigenvalue weighted by Crippen LogP contribution is 2.44. The van der Waals surface area contributed by atoms with Crippen molar-refractivity contribution in [2.75, 3.05) is 0 Å². The zero-order chi connectivity index (χ0) is 11.1. The first-order valence-electron chi connectivity index (χ1n) is 5.68. The molecule has 2 aromatic rings. The number of fused-ring (bicyclic) bond motifs is 3. The number of allylic oxidation sites excluding steroid dienone is 2. The Balaban J connectivity index is 2.35. The molecule has 16 heavy (non-hydrogen) atoms. The lowest BCUT2D eigenvalue weighted by Gasteiger charge is -2.09. The van der Waals surface area contributed by atoms with Gasteiger partial charge in [-0.05, 0) is 33.9 Å². The van der Waals surface area contributed by atoms with Crippen molar-refractivity contribution in [3.05, 3.63) is 53.6 Å². The third-order valence-electron chi connectivity index (χ3n) is 3.32. The normalized spacial score (nSPS) is 18.6. The van der Waals surface area contributed by atoms with Crippen molar-refractivity contribution in [1.82, 2.24) is 0 Å². The summed E-state index contributed by atoms with van der Waals surface area (Å²) in [5.41, 5.74) is 4.32. The van der Waals surface area contributed by atoms with Gasteiger partial charge >= 0.3 is 0 Å². The van der Waals surface area contributed by atoms with E-state index in [9.17, 15) is 0 Å². The molecule has 0 amide bonds. The molecule has 1 unspecified atom stereocenters. The maximum absolute atomic E-state index is 3.76. The van der Waals surface area contributed by atoms with Crippen LogP contribution in [0.3, 0.4) is 0 Å². The van der Waals surface area contributed by atoms with E-state index in [4.69, 9.17) is 0 Å². The number of hydrogen-bond acceptors (Lipinski definition) is 0. The zero-order valence-electron chi connectivity index (χ0n) is 9.20. The lowest BCUT2D eigenvalue weighted by atomic mass is 9.97. The summed E-state index contributed by atoms with van der Waals surface area (Å²) in [6.45, 7) is 2.22. The van der Waals surface area contributed by atoms with Crippen LogP contribution in [0.25, 0.3) is 16.3 Å². The van der Waals surface area contributed by atoms with E-state index in [1.54, 1.807) is 0 Å². The molecule has 0 spiro atoms. The molecule has 0 bridgehead atoms. The molecule has 0 saturated heterocycles. The Kier molecular flexibility index (Phi) is 2.36. The van der Waals surface area contributed by atoms with Gasteiger partial charge in [0.25, 0.3) is 0 Å². The summed E-state index contributed by atoms with van der Waals surface area (Å²) in [4.78, 5) is 0.378. The van der Waals surface area contributed by atoms with Crippen LogP contribution in [-0.4, -0.2) is 0 Å². The highest BCUT2D eigenvalue weighted by Gasteiger charge is 2.22. The van der Waals surface area contributed by atoms with Crippen molar-refractivity contribution in [3.63, 3.8) is 0 Å². The first kappa shape index (κ1) is 10.1. The molecule has 80 valence electrons. The fourth-order valence-corrected chi connectivity index (χ4v) is 3.34. The average molecular weight is 273 g/mol. The highest BCUT2D eigenvalue weighted by molar-refractivity contribution is 9.09. The van der Waals surface area contributed by atoms with Crippen LogP contribution in [0.2, 0.25) is 0 Å². The molecule has 0 saturated carbocycles. The van der Waals surface area contributed by atoms with Crippen LogP contribution in [0.1, 0.15) is 29.3 Å². The Bertz CT molecular complexity index is 581. The summed E-state index contributed by atoms with van der Waals surface area (Å²) < 4.78 is 0. The molecule has 0 aliphatic heterocycles. The lowest BCUT2D eigenvalue weighted by Crippen LogP contribution is -1.88. The summed E-state index contributed by atoms with van der Waals surface area (Å²) in [7, 11) is 0. The molecule has 0 heterocycles. The topological polar surface area (TPSA) is 0 Å². The largest absolute Gasteiger partial charge is 0.0792 e. The maximum Gasteiger partial charge on any atom is 0.0593 e. The van der Waals surface area contributed by atoms with E-state index >= 15 is 0 Å². The van der Waals surface area contributed by atoms with E-state index in [-0.39, 0.29) is 0 Å². The first-order chi connectivity index (χ1) is 7.81. The fourth-order valence-electron chi connectivity index (χ4n) is 2.53. The lowest BCUT2D eigenvalue weighted by molar-refractivity contribution is 1.25. The Morgan fingerprint density at radius 2 is 1.94 bits per heavy atom. The van der Waals surface area contributed by atoms with E-state index in [2.05, 4.69) is 65.3 Å². The minimum Gasteiger partial charge on any atom is -0.0792 e. The number of benzene rings is 2. The third kappa shape index (κ3) is 1.35. The van der Waals surface area contributed by atoms with Crippen molar-refractivity contribution in [2.24, 2.45) is 0 Å². The SMILES string of the molecule is CCC1=CC(Br)c2c1ccc1ccccc21. The second-order valence-corrected chi connectivity index (χ2v) is 5.18. The van der Waals surface area contributed by atoms with Gasteiger partial charge in [-0.25, -0.2) is 0 Å². The van der Waals surface area contributed by atoms with Crippen LogP contribution < -0.4 is 0 Å². The van der Waals surface area contributed by atoms with Crippen LogP contribution in [0.5, 0.6) is 0 Å². The maximum atomic E-state index is 3.76. The van der Waals surface area contributed by atoms with Crippen molar-refractivity contribution in [2.45, 2.75) is 18.2 Å². The van der Waals surface area contributed by atoms with E-state index in [0.717, 1.165) is 6.42 Å². The van der Waals surface area contributed by atoms with Gasteiger partial charge in [0.05, 0.1) is 4.83 Å². The number of halogens is 1. The summed E-state index contributed by atoms with van der Waals surface area (Å²) in [5, 5.41) is 2.71. The summed E-state index contributed by atoms with van der Waals surface area (Å²) in [6, 6.07) is 13.1. The Labute approximate surface area is 104 Å². The molecular weight excluding hydrogens is 260 g/mol. The molecule has 1 atom stereocenters. The predicted molar refractivity (Wildman–Crippen MR) is 73.9 cm³/mol. The quantitative estimate of drug-likeness (QED) is 0.635. The second kappa shape index (κ2) is 3.74. The van der Waals surface area contributed by atoms with Crippen molar-refractivity contribution in [1.29, 1.82) is 0 Å². The van der Waals surface area contributed by atoms with Crippen LogP contribution in [0.15, 0.2) is 42.5 Å². The van der Waals surface area contributed by atoms with Crippen LogP contribution in [0.4, 0.5) is 0 Å². The van der Waals surface area contributed by atoms with Crippen molar-refractivity contribution >= 4 is 32.3 Å². The van der Waals surface area contributed by atoms with Gasteiger partial charge in [0.1, 0.15) is 0 Å². The first-order valence-corrected chi connectivity index (χ1v) is 6.59. The molecule has 1 aliphatic carbocycles. The van der Waals surface area contributed by atoms with E-state index in [1.807, 2.05) is 0 Å². The highest BCUT2D eigenvalue weighted by atomic mass is 79.9. The van der Waals surface area contributed by atoms with Gasteiger partial charge in [0.15, 0.2) is 0 Å². The Morgan fingerprint density at radius 3 is 2.75 bits per heavy atom. The number of alkyl halides is 1. The summed E-state index contributed by atoms with van der Waals surface area (Å²) in [6.07, 6.45) is 3.44. The van der Waals surface area contributed by atoms with E-state index in [1.165, 1.54) is 27.5 Å². The Morgan fingerprint density at radius 1 is 1.12 bits per heavy atom. The summed E-state index contributed by atoms with van der Waals surface area (Å²) >= 11 is 3.76.